The molecule has 0 aromatic carbocycles. The van der Waals surface area contributed by atoms with E-state index in [1.807, 2.05) is 23.7 Å². The van der Waals surface area contributed by atoms with Crippen LogP contribution in [0.5, 0.6) is 5.75 Å². The van der Waals surface area contributed by atoms with E-state index in [2.05, 4.69) is 29.4 Å². The first-order chi connectivity index (χ1) is 10.2. The van der Waals surface area contributed by atoms with E-state index in [9.17, 15) is 0 Å². The molecule has 6 heteroatoms. The Hall–Kier alpha value is -1.92. The zero-order valence-corrected chi connectivity index (χ0v) is 12.8. The predicted octanol–water partition coefficient (Wildman–Crippen LogP) is 1.95. The third-order valence-electron chi connectivity index (χ3n) is 3.24. The maximum atomic E-state index is 5.76. The van der Waals surface area contributed by atoms with Crippen molar-refractivity contribution in [2.75, 3.05) is 6.61 Å². The summed E-state index contributed by atoms with van der Waals surface area (Å²) < 4.78 is 7.58. The maximum absolute atomic E-state index is 5.76. The van der Waals surface area contributed by atoms with E-state index >= 15 is 0 Å². The lowest BCUT2D eigenvalue weighted by Gasteiger charge is -2.18. The second kappa shape index (κ2) is 7.19. The Bertz CT molecular complexity index is 581. The van der Waals surface area contributed by atoms with Crippen molar-refractivity contribution >= 4 is 0 Å². The lowest BCUT2D eigenvalue weighted by molar-refractivity contribution is 0.315. The van der Waals surface area contributed by atoms with Crippen molar-refractivity contribution in [2.45, 2.75) is 39.8 Å². The fourth-order valence-corrected chi connectivity index (χ4v) is 2.30. The molecular formula is C15H23N5O. The van der Waals surface area contributed by atoms with Gasteiger partial charge in [0, 0.05) is 12.7 Å². The van der Waals surface area contributed by atoms with Gasteiger partial charge >= 0.3 is 0 Å². The highest BCUT2D eigenvalue weighted by Gasteiger charge is 2.18. The number of hydrogen-bond acceptors (Lipinski definition) is 5. The molecule has 0 amide bonds. The van der Waals surface area contributed by atoms with Gasteiger partial charge in [0.15, 0.2) is 0 Å². The molecule has 21 heavy (non-hydrogen) atoms. The minimum atomic E-state index is -0.163. The van der Waals surface area contributed by atoms with Crippen LogP contribution in [0.2, 0.25) is 0 Å². The third-order valence-corrected chi connectivity index (χ3v) is 3.24. The van der Waals surface area contributed by atoms with Crippen LogP contribution in [0.1, 0.15) is 43.3 Å². The van der Waals surface area contributed by atoms with Crippen molar-refractivity contribution in [1.29, 1.82) is 0 Å². The van der Waals surface area contributed by atoms with Crippen LogP contribution in [0, 0.1) is 6.92 Å². The van der Waals surface area contributed by atoms with Gasteiger partial charge in [-0.25, -0.2) is 5.43 Å². The van der Waals surface area contributed by atoms with Crippen LogP contribution >= 0.6 is 0 Å². The molecule has 0 aliphatic rings. The summed E-state index contributed by atoms with van der Waals surface area (Å²) in [5.41, 5.74) is 5.80. The van der Waals surface area contributed by atoms with E-state index in [-0.39, 0.29) is 6.04 Å². The number of pyridine rings is 1. The van der Waals surface area contributed by atoms with Crippen LogP contribution in [0.25, 0.3) is 0 Å². The smallest absolute Gasteiger partial charge is 0.137 e. The van der Waals surface area contributed by atoms with Gasteiger partial charge in [0.1, 0.15) is 5.75 Å². The van der Waals surface area contributed by atoms with E-state index in [0.29, 0.717) is 6.61 Å². The number of rotatable bonds is 7. The fourth-order valence-electron chi connectivity index (χ4n) is 2.30. The third kappa shape index (κ3) is 3.59. The van der Waals surface area contributed by atoms with Gasteiger partial charge in [-0.3, -0.25) is 15.5 Å². The summed E-state index contributed by atoms with van der Waals surface area (Å²) in [5, 5.41) is 4.46. The van der Waals surface area contributed by atoms with Crippen molar-refractivity contribution in [2.24, 2.45) is 5.84 Å². The van der Waals surface area contributed by atoms with E-state index < -0.39 is 0 Å². The number of nitrogens with one attached hydrogen (secondary N) is 1. The summed E-state index contributed by atoms with van der Waals surface area (Å²) in [7, 11) is 0. The van der Waals surface area contributed by atoms with E-state index in [1.165, 1.54) is 0 Å². The number of ether oxygens (including phenoxy) is 1. The normalized spacial score (nSPS) is 12.4. The van der Waals surface area contributed by atoms with Crippen LogP contribution in [-0.2, 0) is 6.54 Å². The lowest BCUT2D eigenvalue weighted by atomic mass is 10.1. The Kier molecular flexibility index (Phi) is 5.30. The zero-order chi connectivity index (χ0) is 15.2. The molecule has 0 saturated carbocycles. The van der Waals surface area contributed by atoms with Crippen molar-refractivity contribution in [3.8, 4) is 5.75 Å². The predicted molar refractivity (Wildman–Crippen MR) is 81.8 cm³/mol. The van der Waals surface area contributed by atoms with Gasteiger partial charge in [-0.2, -0.15) is 5.10 Å². The van der Waals surface area contributed by atoms with Gasteiger partial charge in [-0.05, 0) is 38.0 Å². The maximum Gasteiger partial charge on any atom is 0.137 e. The van der Waals surface area contributed by atoms with Crippen molar-refractivity contribution < 1.29 is 4.74 Å². The zero-order valence-electron chi connectivity index (χ0n) is 12.8. The molecule has 114 valence electrons. The molecule has 0 spiro atoms. The molecule has 2 rings (SSSR count). The fraction of sp³-hybridized carbons (Fsp3) is 0.467. The molecule has 2 heterocycles. The standard InChI is InChI=1S/C15H23N5O/c1-4-6-21-13-8-12(9-17-10-13)15(18-16)14-7-11(3)19-20(14)5-2/h7-10,15,18H,4-6,16H2,1-3H3. The molecule has 1 unspecified atom stereocenters. The quantitative estimate of drug-likeness (QED) is 0.601. The molecule has 0 saturated heterocycles. The summed E-state index contributed by atoms with van der Waals surface area (Å²) in [6.07, 6.45) is 4.48. The topological polar surface area (TPSA) is 78.0 Å². The highest BCUT2D eigenvalue weighted by Crippen LogP contribution is 2.24. The first-order valence-corrected chi connectivity index (χ1v) is 7.27. The molecule has 0 aliphatic carbocycles. The monoisotopic (exact) mass is 289 g/mol. The molecule has 3 N–H and O–H groups in total. The molecule has 0 aliphatic heterocycles. The Morgan fingerprint density at radius 3 is 2.81 bits per heavy atom. The van der Waals surface area contributed by atoms with Crippen molar-refractivity contribution in [3.63, 3.8) is 0 Å². The van der Waals surface area contributed by atoms with Gasteiger partial charge in [0.25, 0.3) is 0 Å². The van der Waals surface area contributed by atoms with Gasteiger partial charge < -0.3 is 4.74 Å². The Morgan fingerprint density at radius 1 is 1.33 bits per heavy atom. The molecule has 0 fully saturated rings. The van der Waals surface area contributed by atoms with Gasteiger partial charge in [-0.1, -0.05) is 6.92 Å². The summed E-state index contributed by atoms with van der Waals surface area (Å²) in [5.74, 6) is 6.52. The average molecular weight is 289 g/mol. The van der Waals surface area contributed by atoms with E-state index in [1.54, 1.807) is 12.4 Å². The summed E-state index contributed by atoms with van der Waals surface area (Å²) in [4.78, 5) is 4.24. The second-order valence-corrected chi connectivity index (χ2v) is 4.93. The van der Waals surface area contributed by atoms with Crippen LogP contribution in [0.4, 0.5) is 0 Å². The molecule has 0 radical (unpaired) electrons. The van der Waals surface area contributed by atoms with Crippen LogP contribution < -0.4 is 16.0 Å². The highest BCUT2D eigenvalue weighted by atomic mass is 16.5. The minimum absolute atomic E-state index is 0.163. The molecule has 0 bridgehead atoms. The number of hydrazine groups is 1. The highest BCUT2D eigenvalue weighted by molar-refractivity contribution is 5.32. The second-order valence-electron chi connectivity index (χ2n) is 4.93. The SMILES string of the molecule is CCCOc1cncc(C(NN)c2cc(C)nn2CC)c1. The summed E-state index contributed by atoms with van der Waals surface area (Å²) in [6, 6.07) is 3.84. The first-order valence-electron chi connectivity index (χ1n) is 7.27. The molecular weight excluding hydrogens is 266 g/mol. The van der Waals surface area contributed by atoms with Gasteiger partial charge in [-0.15, -0.1) is 0 Å². The lowest BCUT2D eigenvalue weighted by Crippen LogP contribution is -2.30. The molecule has 2 aromatic heterocycles. The van der Waals surface area contributed by atoms with E-state index in [0.717, 1.165) is 35.7 Å². The number of aryl methyl sites for hydroxylation is 2. The molecule has 6 nitrogen and oxygen atoms in total. The van der Waals surface area contributed by atoms with Gasteiger partial charge in [0.05, 0.1) is 30.2 Å². The summed E-state index contributed by atoms with van der Waals surface area (Å²) in [6.45, 7) is 7.58. The Labute approximate surface area is 125 Å². The van der Waals surface area contributed by atoms with E-state index in [4.69, 9.17) is 10.6 Å². The number of nitrogens with zero attached hydrogens (tertiary/aromatic N) is 3. The summed E-state index contributed by atoms with van der Waals surface area (Å²) >= 11 is 0. The van der Waals surface area contributed by atoms with Crippen molar-refractivity contribution in [3.05, 3.63) is 41.5 Å². The molecule has 1 atom stereocenters. The first kappa shape index (κ1) is 15.5. The average Bonchev–Trinajstić information content (AvgIpc) is 2.87. The van der Waals surface area contributed by atoms with Gasteiger partial charge in [0.2, 0.25) is 0 Å². The Morgan fingerprint density at radius 2 is 2.14 bits per heavy atom. The largest absolute Gasteiger partial charge is 0.492 e. The molecule has 2 aromatic rings. The number of hydrogen-bond donors (Lipinski definition) is 2. The Balaban J connectivity index is 2.32. The van der Waals surface area contributed by atoms with Crippen LogP contribution in [-0.4, -0.2) is 21.4 Å². The van der Waals surface area contributed by atoms with Crippen LogP contribution in [0.15, 0.2) is 24.5 Å². The van der Waals surface area contributed by atoms with Crippen molar-refractivity contribution in [1.82, 2.24) is 20.2 Å². The minimum Gasteiger partial charge on any atom is -0.492 e. The number of nitrogens with two attached hydrogens (primary N) is 1. The number of aromatic nitrogens is 3. The van der Waals surface area contributed by atoms with Crippen LogP contribution in [0.3, 0.4) is 0 Å².